The predicted octanol–water partition coefficient (Wildman–Crippen LogP) is 2.56. The Bertz CT molecular complexity index is 1200. The number of morpholine rings is 1. The minimum atomic E-state index is -0.481. The van der Waals surface area contributed by atoms with E-state index in [1.54, 1.807) is 5.01 Å². The van der Waals surface area contributed by atoms with E-state index in [-0.39, 0.29) is 18.1 Å². The number of Topliss-reactive ketones (excluding diaryl/α,β-unsaturated/α-hetero) is 1. The minimum absolute atomic E-state index is 0.0305. The van der Waals surface area contributed by atoms with Crippen LogP contribution in [0.3, 0.4) is 0 Å². The summed E-state index contributed by atoms with van der Waals surface area (Å²) in [7, 11) is 0. The van der Waals surface area contributed by atoms with Crippen molar-refractivity contribution in [1.29, 1.82) is 0 Å². The zero-order valence-electron chi connectivity index (χ0n) is 18.5. The fourth-order valence-electron chi connectivity index (χ4n) is 4.17. The number of carbonyl (C=O) groups excluding carboxylic acids is 2. The van der Waals surface area contributed by atoms with E-state index in [0.29, 0.717) is 11.4 Å². The van der Waals surface area contributed by atoms with Gasteiger partial charge in [0.2, 0.25) is 0 Å². The number of para-hydroxylation sites is 1. The molecule has 1 fully saturated rings. The van der Waals surface area contributed by atoms with Crippen LogP contribution in [0, 0.1) is 0 Å². The molecule has 2 aromatic carbocycles. The van der Waals surface area contributed by atoms with Crippen LogP contribution in [-0.2, 0) is 20.9 Å². The zero-order chi connectivity index (χ0) is 22.8. The number of H-pyrrole nitrogens is 1. The van der Waals surface area contributed by atoms with Crippen LogP contribution in [0.15, 0.2) is 53.6 Å². The number of imidazole rings is 1. The maximum Gasteiger partial charge on any atom is 0.271 e. The van der Waals surface area contributed by atoms with Crippen LogP contribution in [0.1, 0.15) is 19.2 Å². The Labute approximate surface area is 191 Å². The number of aromatic nitrogens is 2. The maximum absolute atomic E-state index is 12.9. The van der Waals surface area contributed by atoms with E-state index in [4.69, 9.17) is 4.74 Å². The van der Waals surface area contributed by atoms with Crippen molar-refractivity contribution in [3.8, 4) is 0 Å². The highest BCUT2D eigenvalue weighted by molar-refractivity contribution is 6.44. The van der Waals surface area contributed by atoms with Crippen molar-refractivity contribution in [2.75, 3.05) is 36.6 Å². The lowest BCUT2D eigenvalue weighted by molar-refractivity contribution is -0.118. The number of ketones is 1. The Morgan fingerprint density at radius 2 is 1.94 bits per heavy atom. The number of carbonyl (C=O) groups is 2. The van der Waals surface area contributed by atoms with E-state index < -0.39 is 6.04 Å². The van der Waals surface area contributed by atoms with Crippen LogP contribution in [0.5, 0.6) is 0 Å². The lowest BCUT2D eigenvalue weighted by Crippen LogP contribution is -2.35. The number of nitrogens with one attached hydrogen (secondary N) is 2. The van der Waals surface area contributed by atoms with Gasteiger partial charge in [0.25, 0.3) is 5.91 Å². The van der Waals surface area contributed by atoms with Crippen molar-refractivity contribution in [2.45, 2.75) is 25.9 Å². The monoisotopic (exact) mass is 446 g/mol. The van der Waals surface area contributed by atoms with Crippen LogP contribution in [0.2, 0.25) is 0 Å². The number of hydrogen-bond donors (Lipinski definition) is 2. The second-order valence-electron chi connectivity index (χ2n) is 8.32. The number of amides is 1. The molecule has 9 nitrogen and oxygen atoms in total. The summed E-state index contributed by atoms with van der Waals surface area (Å²) in [4.78, 5) is 35.4. The summed E-state index contributed by atoms with van der Waals surface area (Å²) in [5.74, 6) is 0.544. The third kappa shape index (κ3) is 4.64. The summed E-state index contributed by atoms with van der Waals surface area (Å²) in [6.07, 6.45) is 0.270. The van der Waals surface area contributed by atoms with Crippen molar-refractivity contribution in [2.24, 2.45) is 5.10 Å². The standard InChI is InChI=1S/C24H26N6O3/c1-16(31)22-14-21(28-30(22)18-5-3-2-4-6-18)24(32)25-17-7-8-19-20(13-17)27-23(26-19)15-29-9-11-33-12-10-29/h2-8,13,22H,9-12,14-15H2,1H3,(H,25,32)(H,26,27). The first-order valence-electron chi connectivity index (χ1n) is 11.1. The first kappa shape index (κ1) is 21.3. The summed E-state index contributed by atoms with van der Waals surface area (Å²) in [6, 6.07) is 14.5. The van der Waals surface area contributed by atoms with Crippen LogP contribution >= 0.6 is 0 Å². The van der Waals surface area contributed by atoms with Crippen LogP contribution in [0.4, 0.5) is 11.4 Å². The first-order valence-corrected chi connectivity index (χ1v) is 11.1. The Morgan fingerprint density at radius 3 is 2.70 bits per heavy atom. The van der Waals surface area contributed by atoms with E-state index in [1.807, 2.05) is 48.5 Å². The lowest BCUT2D eigenvalue weighted by Gasteiger charge is -2.25. The van der Waals surface area contributed by atoms with Gasteiger partial charge >= 0.3 is 0 Å². The van der Waals surface area contributed by atoms with E-state index in [2.05, 4.69) is 25.3 Å². The molecule has 1 saturated heterocycles. The normalized spacial score (nSPS) is 19.0. The Morgan fingerprint density at radius 1 is 1.15 bits per heavy atom. The zero-order valence-corrected chi connectivity index (χ0v) is 18.5. The maximum atomic E-state index is 12.9. The molecule has 2 N–H and O–H groups in total. The summed E-state index contributed by atoms with van der Waals surface area (Å²) >= 11 is 0. The van der Waals surface area contributed by atoms with Crippen molar-refractivity contribution in [3.05, 3.63) is 54.4 Å². The fraction of sp³-hybridized carbons (Fsp3) is 0.333. The summed E-state index contributed by atoms with van der Waals surface area (Å²) in [6.45, 7) is 5.53. The second kappa shape index (κ2) is 9.13. The third-order valence-corrected chi connectivity index (χ3v) is 5.93. The molecule has 2 aliphatic heterocycles. The van der Waals surface area contributed by atoms with Gasteiger partial charge in [-0.1, -0.05) is 18.2 Å². The number of hydrogen-bond acceptors (Lipinski definition) is 7. The number of hydrazone groups is 1. The highest BCUT2D eigenvalue weighted by Crippen LogP contribution is 2.26. The predicted molar refractivity (Wildman–Crippen MR) is 126 cm³/mol. The molecule has 1 unspecified atom stereocenters. The van der Waals surface area contributed by atoms with Gasteiger partial charge in [0.1, 0.15) is 17.6 Å². The average molecular weight is 447 g/mol. The Hall–Kier alpha value is -3.56. The smallest absolute Gasteiger partial charge is 0.271 e. The van der Waals surface area contributed by atoms with Gasteiger partial charge in [-0.05, 0) is 37.3 Å². The molecule has 0 radical (unpaired) electrons. The van der Waals surface area contributed by atoms with Gasteiger partial charge < -0.3 is 15.0 Å². The molecule has 1 aromatic heterocycles. The highest BCUT2D eigenvalue weighted by Gasteiger charge is 2.34. The molecular formula is C24H26N6O3. The average Bonchev–Trinajstić information content (AvgIpc) is 3.44. The van der Waals surface area contributed by atoms with Gasteiger partial charge in [0.15, 0.2) is 5.78 Å². The number of anilines is 2. The second-order valence-corrected chi connectivity index (χ2v) is 8.32. The van der Waals surface area contributed by atoms with Gasteiger partial charge in [-0.15, -0.1) is 0 Å². The van der Waals surface area contributed by atoms with E-state index >= 15 is 0 Å². The van der Waals surface area contributed by atoms with E-state index in [0.717, 1.165) is 55.4 Å². The minimum Gasteiger partial charge on any atom is -0.379 e. The van der Waals surface area contributed by atoms with Crippen molar-refractivity contribution in [3.63, 3.8) is 0 Å². The molecule has 3 heterocycles. The summed E-state index contributed by atoms with van der Waals surface area (Å²) < 4.78 is 5.40. The number of nitrogens with zero attached hydrogens (tertiary/aromatic N) is 4. The van der Waals surface area contributed by atoms with Crippen LogP contribution < -0.4 is 10.3 Å². The Balaban J connectivity index is 1.30. The topological polar surface area (TPSA) is 103 Å². The molecule has 0 aliphatic carbocycles. The summed E-state index contributed by atoms with van der Waals surface area (Å²) in [5, 5.41) is 9.02. The number of fused-ring (bicyclic) bond motifs is 1. The third-order valence-electron chi connectivity index (χ3n) is 5.93. The molecular weight excluding hydrogens is 420 g/mol. The molecule has 9 heteroatoms. The van der Waals surface area contributed by atoms with E-state index in [9.17, 15) is 9.59 Å². The first-order chi connectivity index (χ1) is 16.1. The molecule has 5 rings (SSSR count). The van der Waals surface area contributed by atoms with Crippen molar-refractivity contribution < 1.29 is 14.3 Å². The largest absolute Gasteiger partial charge is 0.379 e. The van der Waals surface area contributed by atoms with Crippen LogP contribution in [0.25, 0.3) is 11.0 Å². The molecule has 3 aromatic rings. The molecule has 0 saturated carbocycles. The molecule has 0 bridgehead atoms. The summed E-state index contributed by atoms with van der Waals surface area (Å²) in [5.41, 5.74) is 3.47. The van der Waals surface area contributed by atoms with Crippen LogP contribution in [-0.4, -0.2) is 64.6 Å². The molecule has 2 aliphatic rings. The van der Waals surface area contributed by atoms with Crippen molar-refractivity contribution in [1.82, 2.24) is 14.9 Å². The van der Waals surface area contributed by atoms with E-state index in [1.165, 1.54) is 6.92 Å². The molecule has 1 atom stereocenters. The van der Waals surface area contributed by atoms with Gasteiger partial charge in [0.05, 0.1) is 36.5 Å². The SMILES string of the molecule is CC(=O)C1CC(C(=O)Nc2ccc3nc(CN4CCOCC4)[nH]c3c2)=NN1c1ccccc1. The molecule has 1 amide bonds. The number of ether oxygens (including phenoxy) is 1. The lowest BCUT2D eigenvalue weighted by atomic mass is 10.1. The molecule has 0 spiro atoms. The molecule has 170 valence electrons. The highest BCUT2D eigenvalue weighted by atomic mass is 16.5. The van der Waals surface area contributed by atoms with Gasteiger partial charge in [-0.2, -0.15) is 5.10 Å². The quantitative estimate of drug-likeness (QED) is 0.603. The number of aromatic amines is 1. The van der Waals surface area contributed by atoms with Gasteiger partial charge in [0, 0.05) is 25.2 Å². The number of benzene rings is 2. The Kier molecular flexibility index (Phi) is 5.89. The van der Waals surface area contributed by atoms with Gasteiger partial charge in [-0.25, -0.2) is 4.98 Å². The number of rotatable bonds is 6. The van der Waals surface area contributed by atoms with Gasteiger partial charge in [-0.3, -0.25) is 19.5 Å². The molecule has 33 heavy (non-hydrogen) atoms. The fourth-order valence-corrected chi connectivity index (χ4v) is 4.17. The van der Waals surface area contributed by atoms with Crippen molar-refractivity contribution >= 4 is 39.8 Å².